The number of aliphatic carboxylic acids is 2. The van der Waals surface area contributed by atoms with Crippen LogP contribution in [0, 0.1) is 0 Å². The van der Waals surface area contributed by atoms with Crippen molar-refractivity contribution in [3.05, 3.63) is 11.0 Å². The minimum absolute atomic E-state index is 0.0549. The van der Waals surface area contributed by atoms with E-state index < -0.39 is 41.3 Å². The molecule has 0 aliphatic carbocycles. The highest BCUT2D eigenvalue weighted by molar-refractivity contribution is 8.02. The van der Waals surface area contributed by atoms with Gasteiger partial charge >= 0.3 is 11.9 Å². The lowest BCUT2D eigenvalue weighted by Crippen LogP contribution is -2.73. The van der Waals surface area contributed by atoms with Gasteiger partial charge < -0.3 is 26.2 Å². The van der Waals surface area contributed by atoms with Gasteiger partial charge in [0.1, 0.15) is 17.5 Å². The van der Waals surface area contributed by atoms with Gasteiger partial charge in [-0.25, -0.2) is 4.79 Å². The van der Waals surface area contributed by atoms with E-state index in [0.29, 0.717) is 12.0 Å². The van der Waals surface area contributed by atoms with Gasteiger partial charge in [-0.2, -0.15) is 0 Å². The van der Waals surface area contributed by atoms with Crippen LogP contribution in [0.25, 0.3) is 0 Å². The third-order valence-electron chi connectivity index (χ3n) is 3.97. The van der Waals surface area contributed by atoms with E-state index in [4.69, 9.17) is 10.8 Å². The zero-order chi connectivity index (χ0) is 18.0. The van der Waals surface area contributed by atoms with Crippen molar-refractivity contribution in [2.45, 2.75) is 49.7 Å². The monoisotopic (exact) mass is 357 g/mol. The highest BCUT2D eigenvalue weighted by Gasteiger charge is 2.55. The third kappa shape index (κ3) is 3.54. The number of rotatable bonds is 7. The number of amides is 2. The van der Waals surface area contributed by atoms with Crippen LogP contribution in [0.4, 0.5) is 0 Å². The van der Waals surface area contributed by atoms with Crippen LogP contribution < -0.4 is 11.1 Å². The lowest BCUT2D eigenvalue weighted by molar-refractivity contribution is -0.160. The summed E-state index contributed by atoms with van der Waals surface area (Å²) in [5.41, 5.74) is 5.92. The Hall–Kier alpha value is -2.07. The molecule has 2 amide bonds. The average molecular weight is 357 g/mol. The van der Waals surface area contributed by atoms with E-state index in [-0.39, 0.29) is 18.7 Å². The second kappa shape index (κ2) is 7.22. The molecule has 2 aliphatic heterocycles. The summed E-state index contributed by atoms with van der Waals surface area (Å²) in [5, 5.41) is 21.7. The lowest BCUT2D eigenvalue weighted by Gasteiger charge is -2.51. The molecular formula is C14H19N3O6S. The first-order valence-corrected chi connectivity index (χ1v) is 8.33. The zero-order valence-electron chi connectivity index (χ0n) is 13.0. The highest BCUT2D eigenvalue weighted by Crippen LogP contribution is 2.39. The number of thioether (sulfide) groups is 1. The van der Waals surface area contributed by atoms with Crippen LogP contribution in [-0.4, -0.2) is 62.4 Å². The van der Waals surface area contributed by atoms with E-state index in [1.807, 2.05) is 0 Å². The minimum Gasteiger partial charge on any atom is -0.480 e. The average Bonchev–Trinajstić information content (AvgIpc) is 2.51. The van der Waals surface area contributed by atoms with Gasteiger partial charge in [0, 0.05) is 6.42 Å². The molecule has 0 bridgehead atoms. The summed E-state index contributed by atoms with van der Waals surface area (Å²) in [4.78, 5) is 47.2. The van der Waals surface area contributed by atoms with Gasteiger partial charge in [-0.1, -0.05) is 0 Å². The molecule has 0 aromatic heterocycles. The van der Waals surface area contributed by atoms with Crippen molar-refractivity contribution in [3.63, 3.8) is 0 Å². The predicted octanol–water partition coefficient (Wildman–Crippen LogP) is -0.674. The molecule has 10 heteroatoms. The molecule has 0 radical (unpaired) electrons. The van der Waals surface area contributed by atoms with E-state index in [1.165, 1.54) is 16.7 Å². The first-order chi connectivity index (χ1) is 11.2. The van der Waals surface area contributed by atoms with Gasteiger partial charge in [0.15, 0.2) is 6.04 Å². The Morgan fingerprint density at radius 1 is 1.42 bits per heavy atom. The number of carboxylic acids is 2. The topological polar surface area (TPSA) is 150 Å². The van der Waals surface area contributed by atoms with Crippen molar-refractivity contribution in [2.75, 3.05) is 0 Å². The largest absolute Gasteiger partial charge is 0.480 e. The van der Waals surface area contributed by atoms with E-state index in [1.54, 1.807) is 12.3 Å². The summed E-state index contributed by atoms with van der Waals surface area (Å²) in [5.74, 6) is -3.04. The van der Waals surface area contributed by atoms with Crippen LogP contribution in [0.15, 0.2) is 11.0 Å². The molecule has 0 aromatic carbocycles. The number of β-lactam (4-membered cyclic amide) rings is 1. The van der Waals surface area contributed by atoms with Gasteiger partial charge in [0.2, 0.25) is 11.8 Å². The Morgan fingerprint density at radius 2 is 2.08 bits per heavy atom. The van der Waals surface area contributed by atoms with Crippen LogP contribution in [0.2, 0.25) is 0 Å². The van der Waals surface area contributed by atoms with Crippen molar-refractivity contribution < 1.29 is 29.4 Å². The summed E-state index contributed by atoms with van der Waals surface area (Å²) < 4.78 is 0. The Morgan fingerprint density at radius 3 is 2.67 bits per heavy atom. The summed E-state index contributed by atoms with van der Waals surface area (Å²) in [6, 6.07) is -2.77. The lowest BCUT2D eigenvalue weighted by atomic mass is 9.98. The number of hydrogen-bond acceptors (Lipinski definition) is 6. The van der Waals surface area contributed by atoms with Crippen molar-refractivity contribution >= 4 is 35.5 Å². The molecule has 0 aromatic rings. The predicted molar refractivity (Wildman–Crippen MR) is 84.8 cm³/mol. The standard InChI is InChI=1S/C14H19N3O6S/c1-6-5-24-12-9(11(19)17(12)10(6)14(22)23)16-8(18)4-2-3-7(15)13(20)21/h5,7,9-10,12H,2-4,15H2,1H3,(H,16,18)(H,20,21)(H,22,23)/t7?,9?,10?,12-/m1/s1. The maximum atomic E-state index is 12.2. The number of fused-ring (bicyclic) bond motifs is 1. The fourth-order valence-corrected chi connectivity index (χ4v) is 3.85. The number of carbonyl (C=O) groups is 4. The number of hydrogen-bond donors (Lipinski definition) is 4. The van der Waals surface area contributed by atoms with Gasteiger partial charge in [0.25, 0.3) is 0 Å². The molecule has 0 spiro atoms. The molecule has 0 saturated carbocycles. The summed E-state index contributed by atoms with van der Waals surface area (Å²) in [7, 11) is 0. The maximum Gasteiger partial charge on any atom is 0.330 e. The van der Waals surface area contributed by atoms with Crippen molar-refractivity contribution in [3.8, 4) is 0 Å². The van der Waals surface area contributed by atoms with Crippen molar-refractivity contribution in [2.24, 2.45) is 5.73 Å². The van der Waals surface area contributed by atoms with Gasteiger partial charge in [-0.15, -0.1) is 11.8 Å². The van der Waals surface area contributed by atoms with Gasteiger partial charge in [-0.05, 0) is 30.7 Å². The van der Waals surface area contributed by atoms with Gasteiger partial charge in [0.05, 0.1) is 0 Å². The fourth-order valence-electron chi connectivity index (χ4n) is 2.66. The van der Waals surface area contributed by atoms with Crippen LogP contribution in [0.5, 0.6) is 0 Å². The van der Waals surface area contributed by atoms with Crippen LogP contribution in [-0.2, 0) is 19.2 Å². The maximum absolute atomic E-state index is 12.2. The zero-order valence-corrected chi connectivity index (χ0v) is 13.8. The van der Waals surface area contributed by atoms with Crippen LogP contribution in [0.3, 0.4) is 0 Å². The molecule has 132 valence electrons. The Kier molecular flexibility index (Phi) is 5.50. The van der Waals surface area contributed by atoms with Crippen molar-refractivity contribution in [1.29, 1.82) is 0 Å². The number of nitrogens with two attached hydrogens (primary N) is 1. The summed E-state index contributed by atoms with van der Waals surface area (Å²) in [6.45, 7) is 1.65. The smallest absolute Gasteiger partial charge is 0.330 e. The molecule has 2 heterocycles. The van der Waals surface area contributed by atoms with Crippen LogP contribution in [0.1, 0.15) is 26.2 Å². The second-order valence-corrected chi connectivity index (χ2v) is 6.75. The number of carboxylic acid groups (broad SMARTS) is 2. The molecule has 3 unspecified atom stereocenters. The molecular weight excluding hydrogens is 338 g/mol. The quantitative estimate of drug-likeness (QED) is 0.438. The van der Waals surface area contributed by atoms with E-state index in [0.717, 1.165) is 0 Å². The molecule has 5 N–H and O–H groups in total. The molecule has 1 fully saturated rings. The Labute approximate surface area is 142 Å². The normalized spacial score (nSPS) is 26.8. The first-order valence-electron chi connectivity index (χ1n) is 7.39. The Balaban J connectivity index is 1.87. The van der Waals surface area contributed by atoms with Crippen LogP contribution >= 0.6 is 11.8 Å². The summed E-state index contributed by atoms with van der Waals surface area (Å²) in [6.07, 6.45) is 0.507. The number of nitrogens with zero attached hydrogens (tertiary/aromatic N) is 1. The molecule has 4 atom stereocenters. The SMILES string of the molecule is CC1=CS[C@@H]2C(NC(=O)CCCC(N)C(=O)O)C(=O)N2C1C(=O)O. The number of carbonyl (C=O) groups excluding carboxylic acids is 2. The number of nitrogens with one attached hydrogen (secondary N) is 1. The fraction of sp³-hybridized carbons (Fsp3) is 0.571. The van der Waals surface area contributed by atoms with Crippen molar-refractivity contribution in [1.82, 2.24) is 10.2 Å². The first kappa shape index (κ1) is 18.3. The highest BCUT2D eigenvalue weighted by atomic mass is 32.2. The second-order valence-electron chi connectivity index (χ2n) is 5.76. The third-order valence-corrected chi connectivity index (χ3v) is 5.26. The molecule has 9 nitrogen and oxygen atoms in total. The van der Waals surface area contributed by atoms with E-state index >= 15 is 0 Å². The minimum atomic E-state index is -1.12. The van der Waals surface area contributed by atoms with E-state index in [2.05, 4.69) is 5.32 Å². The molecule has 2 aliphatic rings. The molecule has 1 saturated heterocycles. The Bertz CT molecular complexity index is 607. The molecule has 24 heavy (non-hydrogen) atoms. The van der Waals surface area contributed by atoms with Gasteiger partial charge in [-0.3, -0.25) is 14.4 Å². The summed E-state index contributed by atoms with van der Waals surface area (Å²) >= 11 is 1.30. The van der Waals surface area contributed by atoms with E-state index in [9.17, 15) is 24.3 Å². The molecule has 2 rings (SSSR count).